The average Bonchev–Trinajstić information content (AvgIpc) is 2.36. The molecule has 0 atom stereocenters. The fourth-order valence-corrected chi connectivity index (χ4v) is 1.80. The summed E-state index contributed by atoms with van der Waals surface area (Å²) in [5.74, 6) is 0.695. The van der Waals surface area contributed by atoms with Crippen LogP contribution in [0.15, 0.2) is 35.2 Å². The minimum atomic E-state index is 0.403. The maximum absolute atomic E-state index is 5.86. The van der Waals surface area contributed by atoms with Gasteiger partial charge in [-0.25, -0.2) is 9.97 Å². The Morgan fingerprint density at radius 2 is 2.12 bits per heavy atom. The maximum Gasteiger partial charge on any atom is 0.148 e. The van der Waals surface area contributed by atoms with Crippen molar-refractivity contribution in [3.05, 3.63) is 46.0 Å². The van der Waals surface area contributed by atoms with Gasteiger partial charge < -0.3 is 5.32 Å². The van der Waals surface area contributed by atoms with Crippen LogP contribution >= 0.6 is 27.5 Å². The molecule has 0 spiro atoms. The van der Waals surface area contributed by atoms with E-state index in [-0.39, 0.29) is 0 Å². The van der Waals surface area contributed by atoms with E-state index in [2.05, 4.69) is 36.2 Å². The first kappa shape index (κ1) is 12.3. The van der Waals surface area contributed by atoms with Crippen molar-refractivity contribution in [2.45, 2.75) is 6.42 Å². The first-order chi connectivity index (χ1) is 8.27. The number of hydrogen-bond acceptors (Lipinski definition) is 4. The Hall–Kier alpha value is -1.20. The Morgan fingerprint density at radius 1 is 1.24 bits per heavy atom. The molecule has 2 aromatic heterocycles. The Kier molecular flexibility index (Phi) is 4.28. The lowest BCUT2D eigenvalue weighted by atomic mass is 10.3. The summed E-state index contributed by atoms with van der Waals surface area (Å²) in [6, 6.07) is 5.86. The number of rotatable bonds is 4. The number of nitrogens with one attached hydrogen (secondary N) is 1. The molecule has 0 radical (unpaired) electrons. The van der Waals surface area contributed by atoms with Gasteiger partial charge in [-0.3, -0.25) is 4.98 Å². The molecule has 88 valence electrons. The molecule has 0 bridgehead atoms. The second kappa shape index (κ2) is 5.93. The number of hydrogen-bond donors (Lipinski definition) is 1. The van der Waals surface area contributed by atoms with Crippen LogP contribution in [0.5, 0.6) is 0 Å². The molecule has 0 fully saturated rings. The van der Waals surface area contributed by atoms with Gasteiger partial charge in [0.1, 0.15) is 17.3 Å². The van der Waals surface area contributed by atoms with Crippen molar-refractivity contribution in [3.63, 3.8) is 0 Å². The van der Waals surface area contributed by atoms with E-state index in [0.717, 1.165) is 18.7 Å². The normalized spacial score (nSPS) is 10.2. The smallest absolute Gasteiger partial charge is 0.148 e. The molecule has 0 aliphatic heterocycles. The van der Waals surface area contributed by atoms with Crippen LogP contribution in [-0.2, 0) is 6.42 Å². The Balaban J connectivity index is 1.93. The zero-order valence-electron chi connectivity index (χ0n) is 8.90. The summed E-state index contributed by atoms with van der Waals surface area (Å²) in [5, 5.41) is 3.58. The number of aromatic nitrogens is 3. The molecule has 0 aliphatic carbocycles. The van der Waals surface area contributed by atoms with Crippen molar-refractivity contribution in [2.24, 2.45) is 0 Å². The second-order valence-electron chi connectivity index (χ2n) is 3.32. The molecular weight excluding hydrogens is 304 g/mol. The van der Waals surface area contributed by atoms with E-state index in [4.69, 9.17) is 11.6 Å². The minimum absolute atomic E-state index is 0.403. The lowest BCUT2D eigenvalue weighted by Gasteiger charge is -2.07. The van der Waals surface area contributed by atoms with Crippen LogP contribution in [-0.4, -0.2) is 21.5 Å². The van der Waals surface area contributed by atoms with Crippen LogP contribution in [0.3, 0.4) is 0 Å². The summed E-state index contributed by atoms with van der Waals surface area (Å²) < 4.78 is 0.683. The number of halogens is 2. The summed E-state index contributed by atoms with van der Waals surface area (Å²) in [6.07, 6.45) is 4.04. The second-order valence-corrected chi connectivity index (χ2v) is 4.48. The zero-order valence-corrected chi connectivity index (χ0v) is 11.2. The fourth-order valence-electron chi connectivity index (χ4n) is 1.33. The van der Waals surface area contributed by atoms with Crippen molar-refractivity contribution < 1.29 is 0 Å². The molecule has 0 aromatic carbocycles. The van der Waals surface area contributed by atoms with Gasteiger partial charge in [-0.2, -0.15) is 0 Å². The van der Waals surface area contributed by atoms with Crippen molar-refractivity contribution in [3.8, 4) is 0 Å². The van der Waals surface area contributed by atoms with Crippen LogP contribution in [0.4, 0.5) is 5.82 Å². The summed E-state index contributed by atoms with van der Waals surface area (Å²) >= 11 is 9.19. The molecule has 2 heterocycles. The Morgan fingerprint density at radius 3 is 2.88 bits per heavy atom. The van der Waals surface area contributed by atoms with Gasteiger partial charge in [0, 0.05) is 24.9 Å². The van der Waals surface area contributed by atoms with Crippen molar-refractivity contribution in [1.29, 1.82) is 0 Å². The molecule has 0 saturated carbocycles. The predicted molar refractivity (Wildman–Crippen MR) is 71.2 cm³/mol. The molecule has 17 heavy (non-hydrogen) atoms. The molecule has 2 rings (SSSR count). The standard InChI is InChI=1S/C11H10BrClN4/c12-9-10(13)16-7-17-11(9)15-6-4-8-3-1-2-5-14-8/h1-3,5,7H,4,6H2,(H,15,16,17). The highest BCUT2D eigenvalue weighted by molar-refractivity contribution is 9.10. The number of pyridine rings is 1. The highest BCUT2D eigenvalue weighted by atomic mass is 79.9. The zero-order chi connectivity index (χ0) is 12.1. The lowest BCUT2D eigenvalue weighted by molar-refractivity contribution is 0.949. The first-order valence-electron chi connectivity index (χ1n) is 5.07. The van der Waals surface area contributed by atoms with Gasteiger partial charge in [-0.15, -0.1) is 0 Å². The molecule has 0 unspecified atom stereocenters. The Bertz CT molecular complexity index is 492. The molecule has 2 aromatic rings. The van der Waals surface area contributed by atoms with E-state index in [9.17, 15) is 0 Å². The van der Waals surface area contributed by atoms with E-state index in [1.165, 1.54) is 6.33 Å². The van der Waals surface area contributed by atoms with E-state index in [1.54, 1.807) is 6.20 Å². The summed E-state index contributed by atoms with van der Waals surface area (Å²) in [4.78, 5) is 12.2. The summed E-state index contributed by atoms with van der Waals surface area (Å²) in [6.45, 7) is 0.739. The highest BCUT2D eigenvalue weighted by Gasteiger charge is 2.05. The average molecular weight is 314 g/mol. The molecule has 4 nitrogen and oxygen atoms in total. The van der Waals surface area contributed by atoms with Crippen LogP contribution in [0.1, 0.15) is 5.69 Å². The third-order valence-electron chi connectivity index (χ3n) is 2.15. The van der Waals surface area contributed by atoms with Gasteiger partial charge in [-0.05, 0) is 28.1 Å². The fraction of sp³-hybridized carbons (Fsp3) is 0.182. The highest BCUT2D eigenvalue weighted by Crippen LogP contribution is 2.25. The van der Waals surface area contributed by atoms with Gasteiger partial charge in [0.05, 0.1) is 4.47 Å². The maximum atomic E-state index is 5.86. The lowest BCUT2D eigenvalue weighted by Crippen LogP contribution is -2.08. The van der Waals surface area contributed by atoms with Crippen LogP contribution in [0.2, 0.25) is 5.15 Å². The van der Waals surface area contributed by atoms with Gasteiger partial charge in [0.25, 0.3) is 0 Å². The molecule has 0 amide bonds. The minimum Gasteiger partial charge on any atom is -0.369 e. The molecule has 0 aliphatic rings. The van der Waals surface area contributed by atoms with Gasteiger partial charge in [-0.1, -0.05) is 17.7 Å². The quantitative estimate of drug-likeness (QED) is 0.882. The van der Waals surface area contributed by atoms with Crippen molar-refractivity contribution >= 4 is 33.3 Å². The number of anilines is 1. The topological polar surface area (TPSA) is 50.7 Å². The molecule has 0 saturated heterocycles. The van der Waals surface area contributed by atoms with E-state index in [1.807, 2.05) is 18.2 Å². The van der Waals surface area contributed by atoms with Crippen molar-refractivity contribution in [1.82, 2.24) is 15.0 Å². The van der Waals surface area contributed by atoms with Gasteiger partial charge >= 0.3 is 0 Å². The molecule has 6 heteroatoms. The van der Waals surface area contributed by atoms with Crippen LogP contribution < -0.4 is 5.32 Å². The third kappa shape index (κ3) is 3.38. The molecular formula is C11H10BrClN4. The largest absolute Gasteiger partial charge is 0.369 e. The van der Waals surface area contributed by atoms with E-state index in [0.29, 0.717) is 15.4 Å². The number of nitrogens with zero attached hydrogens (tertiary/aromatic N) is 3. The SMILES string of the molecule is Clc1ncnc(NCCc2ccccn2)c1Br. The monoisotopic (exact) mass is 312 g/mol. The predicted octanol–water partition coefficient (Wildman–Crippen LogP) is 2.94. The van der Waals surface area contributed by atoms with Gasteiger partial charge in [0.15, 0.2) is 0 Å². The summed E-state index contributed by atoms with van der Waals surface area (Å²) in [7, 11) is 0. The third-order valence-corrected chi connectivity index (χ3v) is 3.41. The van der Waals surface area contributed by atoms with Crippen molar-refractivity contribution in [2.75, 3.05) is 11.9 Å². The van der Waals surface area contributed by atoms with Gasteiger partial charge in [0.2, 0.25) is 0 Å². The summed E-state index contributed by atoms with van der Waals surface area (Å²) in [5.41, 5.74) is 1.04. The van der Waals surface area contributed by atoms with Crippen LogP contribution in [0.25, 0.3) is 0 Å². The van der Waals surface area contributed by atoms with E-state index < -0.39 is 0 Å². The van der Waals surface area contributed by atoms with Crippen LogP contribution in [0, 0.1) is 0 Å². The van der Waals surface area contributed by atoms with E-state index >= 15 is 0 Å². The Labute approximate surface area is 113 Å². The first-order valence-corrected chi connectivity index (χ1v) is 6.24. The molecule has 1 N–H and O–H groups in total.